The van der Waals surface area contributed by atoms with Gasteiger partial charge in [0.15, 0.2) is 5.84 Å². The molecule has 100 valence electrons. The van der Waals surface area contributed by atoms with Crippen molar-refractivity contribution in [3.8, 4) is 0 Å². The summed E-state index contributed by atoms with van der Waals surface area (Å²) in [6.45, 7) is 0.990. The van der Waals surface area contributed by atoms with Gasteiger partial charge in [-0.15, -0.1) is 0 Å². The van der Waals surface area contributed by atoms with E-state index in [-0.39, 0.29) is 29.4 Å². The molecule has 0 bridgehead atoms. The molecular formula is C9H16F3N3OS. The summed E-state index contributed by atoms with van der Waals surface area (Å²) in [6, 6.07) is -0.234. The normalized spacial score (nSPS) is 23.9. The van der Waals surface area contributed by atoms with Crippen LogP contribution in [0.3, 0.4) is 0 Å². The van der Waals surface area contributed by atoms with Crippen molar-refractivity contribution in [1.82, 2.24) is 4.90 Å². The Morgan fingerprint density at radius 1 is 1.47 bits per heavy atom. The number of piperidine rings is 1. The van der Waals surface area contributed by atoms with E-state index in [4.69, 9.17) is 10.9 Å². The molecule has 1 fully saturated rings. The van der Waals surface area contributed by atoms with Crippen LogP contribution in [0, 0.1) is 0 Å². The number of halogens is 3. The number of oxime groups is 1. The predicted molar refractivity (Wildman–Crippen MR) is 61.1 cm³/mol. The first-order valence-corrected chi connectivity index (χ1v) is 6.35. The highest BCUT2D eigenvalue weighted by Crippen LogP contribution is 2.30. The van der Waals surface area contributed by atoms with Crippen molar-refractivity contribution in [2.24, 2.45) is 10.9 Å². The van der Waals surface area contributed by atoms with E-state index in [9.17, 15) is 13.2 Å². The third kappa shape index (κ3) is 5.03. The van der Waals surface area contributed by atoms with Crippen LogP contribution >= 0.6 is 11.8 Å². The lowest BCUT2D eigenvalue weighted by Gasteiger charge is -2.34. The van der Waals surface area contributed by atoms with Gasteiger partial charge >= 0.3 is 5.51 Å². The molecule has 1 rings (SSSR count). The van der Waals surface area contributed by atoms with Crippen molar-refractivity contribution in [2.45, 2.75) is 30.8 Å². The minimum atomic E-state index is -4.19. The Morgan fingerprint density at radius 3 is 2.76 bits per heavy atom. The molecule has 0 aromatic rings. The fourth-order valence-electron chi connectivity index (χ4n) is 1.94. The van der Waals surface area contributed by atoms with Crippen molar-refractivity contribution in [3.63, 3.8) is 0 Å². The fourth-order valence-corrected chi connectivity index (χ4v) is 2.50. The number of nitrogens with zero attached hydrogens (tertiary/aromatic N) is 2. The first-order chi connectivity index (χ1) is 7.94. The van der Waals surface area contributed by atoms with Gasteiger partial charge in [-0.2, -0.15) is 13.2 Å². The molecule has 3 N–H and O–H groups in total. The van der Waals surface area contributed by atoms with Gasteiger partial charge in [-0.05, 0) is 31.1 Å². The molecule has 1 saturated heterocycles. The van der Waals surface area contributed by atoms with E-state index in [1.54, 1.807) is 0 Å². The van der Waals surface area contributed by atoms with Crippen LogP contribution in [0.15, 0.2) is 5.16 Å². The van der Waals surface area contributed by atoms with Gasteiger partial charge in [0.25, 0.3) is 0 Å². The number of alkyl halides is 3. The first kappa shape index (κ1) is 14.4. The van der Waals surface area contributed by atoms with Crippen molar-refractivity contribution in [3.05, 3.63) is 0 Å². The van der Waals surface area contributed by atoms with Crippen molar-refractivity contribution in [1.29, 1.82) is 0 Å². The van der Waals surface area contributed by atoms with Gasteiger partial charge in [-0.3, -0.25) is 4.90 Å². The Labute approximate surface area is 102 Å². The van der Waals surface area contributed by atoms with E-state index in [1.165, 1.54) is 0 Å². The summed E-state index contributed by atoms with van der Waals surface area (Å²) < 4.78 is 36.0. The SMILES string of the molecule is NC(=NO)C1CCCCN1CCSC(F)(F)F. The maximum atomic E-state index is 12.0. The number of likely N-dealkylation sites (tertiary alicyclic amines) is 1. The van der Waals surface area contributed by atoms with E-state index in [2.05, 4.69) is 5.16 Å². The van der Waals surface area contributed by atoms with Crippen LogP contribution in [0.4, 0.5) is 13.2 Å². The second-order valence-corrected chi connectivity index (χ2v) is 5.03. The molecule has 0 amide bonds. The summed E-state index contributed by atoms with van der Waals surface area (Å²) in [5.41, 5.74) is 1.33. The van der Waals surface area contributed by atoms with Gasteiger partial charge in [0.05, 0.1) is 6.04 Å². The lowest BCUT2D eigenvalue weighted by Crippen LogP contribution is -2.48. The van der Waals surface area contributed by atoms with Gasteiger partial charge in [-0.25, -0.2) is 0 Å². The minimum Gasteiger partial charge on any atom is -0.409 e. The molecule has 1 atom stereocenters. The molecule has 8 heteroatoms. The Morgan fingerprint density at radius 2 is 2.18 bits per heavy atom. The van der Waals surface area contributed by atoms with Gasteiger partial charge in [-0.1, -0.05) is 11.6 Å². The van der Waals surface area contributed by atoms with Crippen LogP contribution in [0.5, 0.6) is 0 Å². The summed E-state index contributed by atoms with van der Waals surface area (Å²) in [5.74, 6) is 0.0559. The Kier molecular flexibility index (Phi) is 5.38. The zero-order valence-corrected chi connectivity index (χ0v) is 10.1. The van der Waals surface area contributed by atoms with E-state index < -0.39 is 5.51 Å². The molecule has 1 aliphatic rings. The largest absolute Gasteiger partial charge is 0.441 e. The first-order valence-electron chi connectivity index (χ1n) is 5.36. The summed E-state index contributed by atoms with van der Waals surface area (Å²) >= 11 is -0.0363. The van der Waals surface area contributed by atoms with E-state index in [1.807, 2.05) is 4.90 Å². The summed E-state index contributed by atoms with van der Waals surface area (Å²) in [5, 5.41) is 11.6. The smallest absolute Gasteiger partial charge is 0.409 e. The van der Waals surface area contributed by atoms with Crippen molar-refractivity contribution < 1.29 is 18.4 Å². The van der Waals surface area contributed by atoms with Crippen LogP contribution in [-0.2, 0) is 0 Å². The molecule has 1 heterocycles. The molecule has 0 aromatic carbocycles. The molecule has 0 aliphatic carbocycles. The third-order valence-electron chi connectivity index (χ3n) is 2.71. The third-order valence-corrected chi connectivity index (χ3v) is 3.43. The Hall–Kier alpha value is -0.630. The quantitative estimate of drug-likeness (QED) is 0.354. The Balaban J connectivity index is 2.43. The van der Waals surface area contributed by atoms with Crippen molar-refractivity contribution >= 4 is 17.6 Å². The highest BCUT2D eigenvalue weighted by atomic mass is 32.2. The number of hydrogen-bond acceptors (Lipinski definition) is 4. The highest BCUT2D eigenvalue weighted by Gasteiger charge is 2.30. The number of rotatable bonds is 4. The maximum absolute atomic E-state index is 12.0. The number of hydrogen-bond donors (Lipinski definition) is 2. The molecular weight excluding hydrogens is 255 g/mol. The lowest BCUT2D eigenvalue weighted by atomic mass is 10.0. The minimum absolute atomic E-state index is 0.0291. The van der Waals surface area contributed by atoms with Crippen LogP contribution in [0.2, 0.25) is 0 Å². The van der Waals surface area contributed by atoms with Crippen LogP contribution in [-0.4, -0.2) is 46.3 Å². The molecule has 0 spiro atoms. The molecule has 0 aromatic heterocycles. The Bertz CT molecular complexity index is 273. The summed E-state index contributed by atoms with van der Waals surface area (Å²) in [4.78, 5) is 1.84. The topological polar surface area (TPSA) is 61.9 Å². The van der Waals surface area contributed by atoms with Gasteiger partial charge in [0.1, 0.15) is 0 Å². The predicted octanol–water partition coefficient (Wildman–Crippen LogP) is 1.84. The van der Waals surface area contributed by atoms with Crippen LogP contribution in [0.25, 0.3) is 0 Å². The molecule has 1 aliphatic heterocycles. The second-order valence-electron chi connectivity index (χ2n) is 3.87. The van der Waals surface area contributed by atoms with Gasteiger partial charge < -0.3 is 10.9 Å². The summed E-state index contributed by atoms with van der Waals surface area (Å²) in [7, 11) is 0. The zero-order valence-electron chi connectivity index (χ0n) is 9.28. The number of thioether (sulfide) groups is 1. The molecule has 0 radical (unpaired) electrons. The molecule has 0 saturated carbocycles. The van der Waals surface area contributed by atoms with E-state index in [0.717, 1.165) is 19.3 Å². The summed E-state index contributed by atoms with van der Waals surface area (Å²) in [6.07, 6.45) is 2.61. The van der Waals surface area contributed by atoms with Gasteiger partial charge in [0.2, 0.25) is 0 Å². The molecule has 17 heavy (non-hydrogen) atoms. The van der Waals surface area contributed by atoms with E-state index >= 15 is 0 Å². The zero-order chi connectivity index (χ0) is 12.9. The second kappa shape index (κ2) is 6.34. The highest BCUT2D eigenvalue weighted by molar-refractivity contribution is 8.00. The maximum Gasteiger partial charge on any atom is 0.441 e. The number of amidine groups is 1. The van der Waals surface area contributed by atoms with Crippen LogP contribution < -0.4 is 5.73 Å². The molecule has 4 nitrogen and oxygen atoms in total. The average molecular weight is 271 g/mol. The number of nitrogens with two attached hydrogens (primary N) is 1. The average Bonchev–Trinajstić information content (AvgIpc) is 2.27. The lowest BCUT2D eigenvalue weighted by molar-refractivity contribution is -0.0329. The fraction of sp³-hybridized carbons (Fsp3) is 0.889. The molecule has 1 unspecified atom stereocenters. The van der Waals surface area contributed by atoms with Crippen LogP contribution in [0.1, 0.15) is 19.3 Å². The monoisotopic (exact) mass is 271 g/mol. The van der Waals surface area contributed by atoms with E-state index in [0.29, 0.717) is 13.1 Å². The standard InChI is InChI=1S/C9H16F3N3OS/c10-9(11,12)17-6-5-15-4-2-1-3-7(15)8(13)14-16/h7,16H,1-6H2,(H2,13,14). The van der Waals surface area contributed by atoms with Crippen molar-refractivity contribution in [2.75, 3.05) is 18.8 Å². The van der Waals surface area contributed by atoms with Gasteiger partial charge in [0, 0.05) is 12.3 Å².